The molecule has 4 nitrogen and oxygen atoms in total. The van der Waals surface area contributed by atoms with Gasteiger partial charge in [-0.3, -0.25) is 10.1 Å². The quantitative estimate of drug-likeness (QED) is 0.860. The van der Waals surface area contributed by atoms with E-state index in [-0.39, 0.29) is 5.91 Å². The van der Waals surface area contributed by atoms with E-state index < -0.39 is 0 Å². The Labute approximate surface area is 127 Å². The molecule has 1 N–H and O–H groups in total. The number of carbonyl (C=O) groups excluding carboxylic acids is 1. The molecule has 1 amide bonds. The molecule has 2 aromatic rings. The van der Waals surface area contributed by atoms with E-state index in [4.69, 9.17) is 0 Å². The summed E-state index contributed by atoms with van der Waals surface area (Å²) < 4.78 is 0. The average Bonchev–Trinajstić information content (AvgIpc) is 2.85. The smallest absolute Gasteiger partial charge is 0.236 e. The van der Waals surface area contributed by atoms with Crippen molar-refractivity contribution in [3.63, 3.8) is 0 Å². The first-order chi connectivity index (χ1) is 9.58. The molecule has 1 aromatic heterocycles. The van der Waals surface area contributed by atoms with E-state index >= 15 is 0 Å². The number of benzene rings is 1. The standard InChI is InChI=1S/C14H17N3OS2/c1-4-13-16-17-14(20-13)15-12(18)8-19-11-6-5-9(2)7-10(11)3/h5-7H,4,8H2,1-3H3,(H,15,17,18). The summed E-state index contributed by atoms with van der Waals surface area (Å²) in [5, 5.41) is 12.2. The van der Waals surface area contributed by atoms with Crippen LogP contribution in [0.4, 0.5) is 5.13 Å². The van der Waals surface area contributed by atoms with Gasteiger partial charge in [0.25, 0.3) is 0 Å². The van der Waals surface area contributed by atoms with Gasteiger partial charge in [0.05, 0.1) is 5.75 Å². The van der Waals surface area contributed by atoms with Crippen molar-refractivity contribution in [2.24, 2.45) is 0 Å². The fraction of sp³-hybridized carbons (Fsp3) is 0.357. The maximum Gasteiger partial charge on any atom is 0.236 e. The molecule has 2 rings (SSSR count). The van der Waals surface area contributed by atoms with Crippen molar-refractivity contribution in [2.75, 3.05) is 11.1 Å². The van der Waals surface area contributed by atoms with E-state index in [1.54, 1.807) is 11.8 Å². The molecule has 1 heterocycles. The molecule has 0 radical (unpaired) electrons. The molecule has 0 aliphatic rings. The van der Waals surface area contributed by atoms with E-state index in [2.05, 4.69) is 47.6 Å². The SMILES string of the molecule is CCc1nnc(NC(=O)CSc2ccc(C)cc2C)s1. The molecule has 0 atom stereocenters. The summed E-state index contributed by atoms with van der Waals surface area (Å²) in [6, 6.07) is 6.24. The number of thioether (sulfide) groups is 1. The Morgan fingerprint density at radius 2 is 2.15 bits per heavy atom. The first-order valence-corrected chi connectivity index (χ1v) is 8.21. The molecule has 0 bridgehead atoms. The molecule has 0 saturated carbocycles. The Balaban J connectivity index is 1.88. The fourth-order valence-corrected chi connectivity index (χ4v) is 3.21. The van der Waals surface area contributed by atoms with Crippen molar-refractivity contribution >= 4 is 34.1 Å². The Bertz CT molecular complexity index is 610. The Kier molecular flexibility index (Phi) is 5.14. The van der Waals surface area contributed by atoms with Crippen LogP contribution < -0.4 is 5.32 Å². The van der Waals surface area contributed by atoms with Crippen LogP contribution in [0, 0.1) is 13.8 Å². The lowest BCUT2D eigenvalue weighted by Crippen LogP contribution is -2.13. The van der Waals surface area contributed by atoms with Gasteiger partial charge in [-0.1, -0.05) is 36.0 Å². The van der Waals surface area contributed by atoms with E-state index in [1.165, 1.54) is 22.5 Å². The van der Waals surface area contributed by atoms with Crippen molar-refractivity contribution in [2.45, 2.75) is 32.1 Å². The summed E-state index contributed by atoms with van der Waals surface area (Å²) in [4.78, 5) is 13.0. The number of nitrogens with zero attached hydrogens (tertiary/aromatic N) is 2. The number of hydrogen-bond acceptors (Lipinski definition) is 5. The van der Waals surface area contributed by atoms with Gasteiger partial charge in [0, 0.05) is 4.90 Å². The Morgan fingerprint density at radius 3 is 2.80 bits per heavy atom. The number of amides is 1. The van der Waals surface area contributed by atoms with Crippen LogP contribution in [-0.4, -0.2) is 21.9 Å². The van der Waals surface area contributed by atoms with Gasteiger partial charge in [0.2, 0.25) is 11.0 Å². The normalized spacial score (nSPS) is 10.6. The fourth-order valence-electron chi connectivity index (χ4n) is 1.71. The molecular formula is C14H17N3OS2. The highest BCUT2D eigenvalue weighted by molar-refractivity contribution is 8.00. The van der Waals surface area contributed by atoms with Gasteiger partial charge in [0.15, 0.2) is 0 Å². The van der Waals surface area contributed by atoms with Crippen LogP contribution >= 0.6 is 23.1 Å². The number of aromatic nitrogens is 2. The van der Waals surface area contributed by atoms with Gasteiger partial charge in [-0.15, -0.1) is 22.0 Å². The van der Waals surface area contributed by atoms with Crippen LogP contribution in [0.5, 0.6) is 0 Å². The summed E-state index contributed by atoms with van der Waals surface area (Å²) in [7, 11) is 0. The topological polar surface area (TPSA) is 54.9 Å². The molecule has 1 aromatic carbocycles. The second kappa shape index (κ2) is 6.85. The van der Waals surface area contributed by atoms with Gasteiger partial charge in [0.1, 0.15) is 5.01 Å². The third-order valence-corrected chi connectivity index (χ3v) is 4.86. The van der Waals surface area contributed by atoms with Gasteiger partial charge in [-0.2, -0.15) is 0 Å². The van der Waals surface area contributed by atoms with Crippen molar-refractivity contribution in [3.05, 3.63) is 34.3 Å². The molecule has 0 unspecified atom stereocenters. The molecular weight excluding hydrogens is 290 g/mol. The summed E-state index contributed by atoms with van der Waals surface area (Å²) in [5.41, 5.74) is 2.43. The summed E-state index contributed by atoms with van der Waals surface area (Å²) in [6.07, 6.45) is 0.838. The highest BCUT2D eigenvalue weighted by Gasteiger charge is 2.08. The second-order valence-corrected chi connectivity index (χ2v) is 6.54. The minimum absolute atomic E-state index is 0.0474. The van der Waals surface area contributed by atoms with Crippen LogP contribution in [0.15, 0.2) is 23.1 Å². The molecule has 20 heavy (non-hydrogen) atoms. The van der Waals surface area contributed by atoms with E-state index in [9.17, 15) is 4.79 Å². The number of hydrogen-bond donors (Lipinski definition) is 1. The van der Waals surface area contributed by atoms with Gasteiger partial charge in [-0.25, -0.2) is 0 Å². The van der Waals surface area contributed by atoms with Crippen LogP contribution in [0.3, 0.4) is 0 Å². The van der Waals surface area contributed by atoms with Crippen LogP contribution in [0.25, 0.3) is 0 Å². The van der Waals surface area contributed by atoms with Gasteiger partial charge >= 0.3 is 0 Å². The van der Waals surface area contributed by atoms with Crippen molar-refractivity contribution in [1.29, 1.82) is 0 Å². The number of carbonyl (C=O) groups is 1. The van der Waals surface area contributed by atoms with E-state index in [1.807, 2.05) is 6.92 Å². The monoisotopic (exact) mass is 307 g/mol. The first-order valence-electron chi connectivity index (χ1n) is 6.40. The zero-order chi connectivity index (χ0) is 14.5. The van der Waals surface area contributed by atoms with Crippen molar-refractivity contribution in [3.8, 4) is 0 Å². The minimum atomic E-state index is -0.0474. The first kappa shape index (κ1) is 15.0. The molecule has 0 aliphatic carbocycles. The molecule has 6 heteroatoms. The number of anilines is 1. The van der Waals surface area contributed by atoms with Crippen LogP contribution in [0.2, 0.25) is 0 Å². The highest BCUT2D eigenvalue weighted by Crippen LogP contribution is 2.23. The lowest BCUT2D eigenvalue weighted by molar-refractivity contribution is -0.113. The second-order valence-electron chi connectivity index (χ2n) is 4.46. The van der Waals surface area contributed by atoms with Crippen LogP contribution in [-0.2, 0) is 11.2 Å². The zero-order valence-corrected chi connectivity index (χ0v) is 13.4. The molecule has 106 valence electrons. The Hall–Kier alpha value is -1.40. The lowest BCUT2D eigenvalue weighted by atomic mass is 10.2. The zero-order valence-electron chi connectivity index (χ0n) is 11.8. The summed E-state index contributed by atoms with van der Waals surface area (Å²) in [6.45, 7) is 6.14. The van der Waals surface area contributed by atoms with E-state index in [0.29, 0.717) is 10.9 Å². The molecule has 0 spiro atoms. The number of rotatable bonds is 5. The number of nitrogens with one attached hydrogen (secondary N) is 1. The molecule has 0 fully saturated rings. The van der Waals surface area contributed by atoms with Crippen molar-refractivity contribution in [1.82, 2.24) is 10.2 Å². The average molecular weight is 307 g/mol. The van der Waals surface area contributed by atoms with Crippen molar-refractivity contribution < 1.29 is 4.79 Å². The maximum absolute atomic E-state index is 11.9. The predicted octanol–water partition coefficient (Wildman–Crippen LogP) is 3.45. The minimum Gasteiger partial charge on any atom is -0.300 e. The highest BCUT2D eigenvalue weighted by atomic mass is 32.2. The summed E-state index contributed by atoms with van der Waals surface area (Å²) >= 11 is 2.96. The maximum atomic E-state index is 11.9. The predicted molar refractivity (Wildman–Crippen MR) is 84.6 cm³/mol. The lowest BCUT2D eigenvalue weighted by Gasteiger charge is -2.06. The number of aryl methyl sites for hydroxylation is 3. The van der Waals surface area contributed by atoms with Crippen LogP contribution in [0.1, 0.15) is 23.1 Å². The third kappa shape index (κ3) is 4.05. The molecule has 0 aliphatic heterocycles. The van der Waals surface area contributed by atoms with Gasteiger partial charge in [-0.05, 0) is 31.9 Å². The van der Waals surface area contributed by atoms with E-state index in [0.717, 1.165) is 16.3 Å². The Morgan fingerprint density at radius 1 is 1.35 bits per heavy atom. The third-order valence-electron chi connectivity index (χ3n) is 2.70. The largest absolute Gasteiger partial charge is 0.300 e. The molecule has 0 saturated heterocycles. The van der Waals surface area contributed by atoms with Gasteiger partial charge < -0.3 is 0 Å². The summed E-state index contributed by atoms with van der Waals surface area (Å²) in [5.74, 6) is 0.332.